The van der Waals surface area contributed by atoms with Gasteiger partial charge in [0.1, 0.15) is 0 Å². The molecule has 0 heterocycles. The van der Waals surface area contributed by atoms with Gasteiger partial charge in [-0.25, -0.2) is 4.79 Å². The molecule has 2 N–H and O–H groups in total. The van der Waals surface area contributed by atoms with Gasteiger partial charge in [-0.2, -0.15) is 0 Å². The molecule has 1 aromatic carbocycles. The van der Waals surface area contributed by atoms with Gasteiger partial charge in [0.2, 0.25) is 0 Å². The van der Waals surface area contributed by atoms with Crippen LogP contribution < -0.4 is 10.6 Å². The molecule has 0 aliphatic heterocycles. The molecule has 1 aromatic rings. The van der Waals surface area contributed by atoms with E-state index < -0.39 is 0 Å². The standard InChI is InChI=1S/C18H26N2O/c1-12-5-7-14(8-6-12)19-16(21)20-15-11-13-9-10-18(15,4)17(13,2)3/h5-8,13,15H,9-11H2,1-4H3,(H2,19,20,21)/t13-,15+,18-/m1/s1. The Kier molecular flexibility index (Phi) is 3.27. The van der Waals surface area contributed by atoms with Crippen molar-refractivity contribution in [2.24, 2.45) is 16.7 Å². The van der Waals surface area contributed by atoms with Crippen molar-refractivity contribution in [2.75, 3.05) is 5.32 Å². The molecule has 2 saturated carbocycles. The lowest BCUT2D eigenvalue weighted by atomic mass is 9.69. The minimum atomic E-state index is -0.0755. The van der Waals surface area contributed by atoms with Crippen molar-refractivity contribution in [3.63, 3.8) is 0 Å². The van der Waals surface area contributed by atoms with E-state index in [1.807, 2.05) is 31.2 Å². The molecule has 2 fully saturated rings. The second kappa shape index (κ2) is 4.75. The quantitative estimate of drug-likeness (QED) is 0.834. The number of amides is 2. The van der Waals surface area contributed by atoms with Crippen LogP contribution in [0, 0.1) is 23.7 Å². The number of anilines is 1. The summed E-state index contributed by atoms with van der Waals surface area (Å²) in [5.41, 5.74) is 2.60. The van der Waals surface area contributed by atoms with Crippen molar-refractivity contribution in [2.45, 2.75) is 53.0 Å². The number of aryl methyl sites for hydroxylation is 1. The van der Waals surface area contributed by atoms with E-state index >= 15 is 0 Å². The Hall–Kier alpha value is -1.51. The van der Waals surface area contributed by atoms with E-state index in [-0.39, 0.29) is 17.5 Å². The van der Waals surface area contributed by atoms with Gasteiger partial charge in [-0.15, -0.1) is 0 Å². The van der Waals surface area contributed by atoms with Crippen molar-refractivity contribution in [3.8, 4) is 0 Å². The number of hydrogen-bond acceptors (Lipinski definition) is 1. The largest absolute Gasteiger partial charge is 0.335 e. The van der Waals surface area contributed by atoms with Crippen molar-refractivity contribution in [1.29, 1.82) is 0 Å². The Morgan fingerprint density at radius 3 is 2.38 bits per heavy atom. The third-order valence-electron chi connectivity index (χ3n) is 6.41. The summed E-state index contributed by atoms with van der Waals surface area (Å²) in [5, 5.41) is 6.17. The molecule has 0 radical (unpaired) electrons. The molecule has 2 bridgehead atoms. The van der Waals surface area contributed by atoms with Gasteiger partial charge >= 0.3 is 6.03 Å². The van der Waals surface area contributed by atoms with Crippen LogP contribution in [-0.2, 0) is 0 Å². The first-order valence-electron chi connectivity index (χ1n) is 7.97. The summed E-state index contributed by atoms with van der Waals surface area (Å²) < 4.78 is 0. The average Bonchev–Trinajstić information content (AvgIpc) is 2.74. The Bertz CT molecular complexity index is 549. The number of fused-ring (bicyclic) bond motifs is 2. The van der Waals surface area contributed by atoms with E-state index in [0.29, 0.717) is 5.41 Å². The number of hydrogen-bond donors (Lipinski definition) is 2. The molecule has 0 unspecified atom stereocenters. The summed E-state index contributed by atoms with van der Waals surface area (Å²) in [5.74, 6) is 0.743. The van der Waals surface area contributed by atoms with Crippen molar-refractivity contribution in [1.82, 2.24) is 5.32 Å². The monoisotopic (exact) mass is 286 g/mol. The zero-order chi connectivity index (χ0) is 15.3. The number of carbonyl (C=O) groups is 1. The summed E-state index contributed by atoms with van der Waals surface area (Å²) in [4.78, 5) is 12.3. The maximum absolute atomic E-state index is 12.3. The number of urea groups is 1. The number of benzene rings is 1. The molecule has 3 heteroatoms. The molecule has 0 aromatic heterocycles. The molecule has 2 amide bonds. The van der Waals surface area contributed by atoms with E-state index in [0.717, 1.165) is 18.0 Å². The van der Waals surface area contributed by atoms with Crippen molar-refractivity contribution >= 4 is 11.7 Å². The topological polar surface area (TPSA) is 41.1 Å². The first-order chi connectivity index (χ1) is 9.83. The van der Waals surface area contributed by atoms with Gasteiger partial charge in [-0.3, -0.25) is 0 Å². The van der Waals surface area contributed by atoms with Gasteiger partial charge in [0.15, 0.2) is 0 Å². The lowest BCUT2D eigenvalue weighted by molar-refractivity contribution is 0.125. The van der Waals surface area contributed by atoms with Crippen molar-refractivity contribution in [3.05, 3.63) is 29.8 Å². The molecule has 114 valence electrons. The van der Waals surface area contributed by atoms with Crippen LogP contribution in [0.5, 0.6) is 0 Å². The average molecular weight is 286 g/mol. The maximum atomic E-state index is 12.3. The van der Waals surface area contributed by atoms with Gasteiger partial charge < -0.3 is 10.6 Å². The summed E-state index contributed by atoms with van der Waals surface area (Å²) in [7, 11) is 0. The summed E-state index contributed by atoms with van der Waals surface area (Å²) in [6.45, 7) is 9.12. The molecule has 2 aliphatic carbocycles. The Labute approximate surface area is 127 Å². The fraction of sp³-hybridized carbons (Fsp3) is 0.611. The molecule has 0 saturated heterocycles. The van der Waals surface area contributed by atoms with Crippen LogP contribution in [0.25, 0.3) is 0 Å². The van der Waals surface area contributed by atoms with Crippen LogP contribution >= 0.6 is 0 Å². The third-order valence-corrected chi connectivity index (χ3v) is 6.41. The van der Waals surface area contributed by atoms with Crippen LogP contribution in [0.15, 0.2) is 24.3 Å². The van der Waals surface area contributed by atoms with E-state index in [1.165, 1.54) is 18.4 Å². The van der Waals surface area contributed by atoms with E-state index in [1.54, 1.807) is 0 Å². The van der Waals surface area contributed by atoms with Gasteiger partial charge in [0.25, 0.3) is 0 Å². The summed E-state index contributed by atoms with van der Waals surface area (Å²) in [6, 6.07) is 8.13. The van der Waals surface area contributed by atoms with E-state index in [2.05, 4.69) is 31.4 Å². The second-order valence-electron chi connectivity index (χ2n) is 7.63. The van der Waals surface area contributed by atoms with Crippen LogP contribution in [0.1, 0.15) is 45.6 Å². The molecule has 2 aliphatic rings. The van der Waals surface area contributed by atoms with E-state index in [4.69, 9.17) is 0 Å². The SMILES string of the molecule is Cc1ccc(NC(=O)N[C@H]2C[C@H]3CC[C@@]2(C)C3(C)C)cc1. The van der Waals surface area contributed by atoms with Crippen LogP contribution in [0.3, 0.4) is 0 Å². The first kappa shape index (κ1) is 14.4. The molecule has 3 rings (SSSR count). The van der Waals surface area contributed by atoms with Gasteiger partial charge in [-0.1, -0.05) is 38.5 Å². The van der Waals surface area contributed by atoms with E-state index in [9.17, 15) is 4.79 Å². The lowest BCUT2D eigenvalue weighted by Gasteiger charge is -2.39. The predicted octanol–water partition coefficient (Wildman–Crippen LogP) is 4.33. The fourth-order valence-electron chi connectivity index (χ4n) is 4.38. The molecule has 21 heavy (non-hydrogen) atoms. The highest BCUT2D eigenvalue weighted by Crippen LogP contribution is 2.65. The zero-order valence-corrected chi connectivity index (χ0v) is 13.5. The normalized spacial score (nSPS) is 33.0. The minimum absolute atomic E-state index is 0.0755. The maximum Gasteiger partial charge on any atom is 0.319 e. The fourth-order valence-corrected chi connectivity index (χ4v) is 4.38. The Balaban J connectivity index is 1.65. The number of rotatable bonds is 2. The first-order valence-corrected chi connectivity index (χ1v) is 7.97. The molecular formula is C18H26N2O. The smallest absolute Gasteiger partial charge is 0.319 e. The molecule has 3 atom stereocenters. The second-order valence-corrected chi connectivity index (χ2v) is 7.63. The highest BCUT2D eigenvalue weighted by Gasteiger charge is 2.61. The van der Waals surface area contributed by atoms with Crippen LogP contribution in [0.4, 0.5) is 10.5 Å². The van der Waals surface area contributed by atoms with Gasteiger partial charge in [0, 0.05) is 11.7 Å². The molecular weight excluding hydrogens is 260 g/mol. The Morgan fingerprint density at radius 2 is 1.86 bits per heavy atom. The highest BCUT2D eigenvalue weighted by molar-refractivity contribution is 5.89. The number of nitrogens with one attached hydrogen (secondary N) is 2. The zero-order valence-electron chi connectivity index (χ0n) is 13.5. The summed E-state index contributed by atoms with van der Waals surface area (Å²) in [6.07, 6.45) is 3.65. The highest BCUT2D eigenvalue weighted by atomic mass is 16.2. The van der Waals surface area contributed by atoms with Gasteiger partial charge in [-0.05, 0) is 55.1 Å². The number of carbonyl (C=O) groups excluding carboxylic acids is 1. The minimum Gasteiger partial charge on any atom is -0.335 e. The van der Waals surface area contributed by atoms with Crippen LogP contribution in [-0.4, -0.2) is 12.1 Å². The molecule has 3 nitrogen and oxygen atoms in total. The third kappa shape index (κ3) is 2.23. The summed E-state index contributed by atoms with van der Waals surface area (Å²) >= 11 is 0. The lowest BCUT2D eigenvalue weighted by Crippen LogP contribution is -2.48. The molecule has 0 spiro atoms. The van der Waals surface area contributed by atoms with Crippen molar-refractivity contribution < 1.29 is 4.79 Å². The van der Waals surface area contributed by atoms with Crippen LogP contribution in [0.2, 0.25) is 0 Å². The predicted molar refractivity (Wildman–Crippen MR) is 86.4 cm³/mol. The van der Waals surface area contributed by atoms with Gasteiger partial charge in [0.05, 0.1) is 0 Å². The Morgan fingerprint density at radius 1 is 1.19 bits per heavy atom.